The van der Waals surface area contributed by atoms with E-state index < -0.39 is 0 Å². The first kappa shape index (κ1) is 9.89. The van der Waals surface area contributed by atoms with Gasteiger partial charge in [-0.1, -0.05) is 13.8 Å². The highest BCUT2D eigenvalue weighted by Crippen LogP contribution is 2.70. The quantitative estimate of drug-likeness (QED) is 0.760. The van der Waals surface area contributed by atoms with E-state index in [1.165, 1.54) is 23.4 Å². The van der Waals surface area contributed by atoms with Gasteiger partial charge in [0.1, 0.15) is 0 Å². The Morgan fingerprint density at radius 1 is 1.56 bits per heavy atom. The van der Waals surface area contributed by atoms with Gasteiger partial charge in [-0.15, -0.1) is 0 Å². The first-order valence-corrected chi connectivity index (χ1v) is 6.00. The molecule has 1 aromatic rings. The second-order valence-corrected chi connectivity index (χ2v) is 5.69. The predicted molar refractivity (Wildman–Crippen MR) is 60.9 cm³/mol. The summed E-state index contributed by atoms with van der Waals surface area (Å²) in [6.45, 7) is 7.58. The summed E-state index contributed by atoms with van der Waals surface area (Å²) in [5.41, 5.74) is 4.57. The molecule has 0 unspecified atom stereocenters. The molecule has 0 amide bonds. The van der Waals surface area contributed by atoms with E-state index in [9.17, 15) is 0 Å². The third-order valence-electron chi connectivity index (χ3n) is 4.49. The third-order valence-corrected chi connectivity index (χ3v) is 4.49. The lowest BCUT2D eigenvalue weighted by Crippen LogP contribution is -2.07. The van der Waals surface area contributed by atoms with Crippen molar-refractivity contribution in [2.45, 2.75) is 46.1 Å². The van der Waals surface area contributed by atoms with E-state index in [0.29, 0.717) is 11.8 Å². The molecule has 16 heavy (non-hydrogen) atoms. The van der Waals surface area contributed by atoms with Gasteiger partial charge in [-0.25, -0.2) is 0 Å². The molecule has 0 aromatic carbocycles. The van der Waals surface area contributed by atoms with Crippen LogP contribution < -0.4 is 0 Å². The van der Waals surface area contributed by atoms with Crippen molar-refractivity contribution >= 4 is 0 Å². The lowest BCUT2D eigenvalue weighted by molar-refractivity contribution is 0.514. The highest BCUT2D eigenvalue weighted by Gasteiger charge is 2.63. The Hall–Kier alpha value is -1.30. The minimum Gasteiger partial charge on any atom is -0.268 e. The zero-order valence-electron chi connectivity index (χ0n) is 10.1. The van der Waals surface area contributed by atoms with E-state index in [1.54, 1.807) is 0 Å². The molecular weight excluding hydrogens is 198 g/mol. The maximum absolute atomic E-state index is 8.64. The molecule has 2 atom stereocenters. The van der Waals surface area contributed by atoms with Crippen LogP contribution in [0.25, 0.3) is 0 Å². The van der Waals surface area contributed by atoms with Crippen molar-refractivity contribution in [2.24, 2.45) is 11.3 Å². The van der Waals surface area contributed by atoms with E-state index in [-0.39, 0.29) is 0 Å². The molecule has 0 aliphatic heterocycles. The summed E-state index contributed by atoms with van der Waals surface area (Å²) in [4.78, 5) is 0. The number of fused-ring (bicyclic) bond motifs is 3. The maximum atomic E-state index is 8.64. The minimum absolute atomic E-state index is 0.487. The molecule has 3 rings (SSSR count). The molecule has 1 saturated carbocycles. The van der Waals surface area contributed by atoms with Gasteiger partial charge < -0.3 is 0 Å². The van der Waals surface area contributed by atoms with E-state index in [4.69, 9.17) is 5.26 Å². The van der Waals surface area contributed by atoms with E-state index >= 15 is 0 Å². The Kier molecular flexibility index (Phi) is 1.78. The fourth-order valence-electron chi connectivity index (χ4n) is 3.51. The van der Waals surface area contributed by atoms with E-state index in [2.05, 4.69) is 36.6 Å². The van der Waals surface area contributed by atoms with Gasteiger partial charge in [0.2, 0.25) is 0 Å². The van der Waals surface area contributed by atoms with Gasteiger partial charge in [-0.2, -0.15) is 10.4 Å². The van der Waals surface area contributed by atoms with Crippen molar-refractivity contribution in [3.05, 3.63) is 17.0 Å². The minimum atomic E-state index is 0.487. The number of aryl methyl sites for hydroxylation is 2. The predicted octanol–water partition coefficient (Wildman–Crippen LogP) is 2.40. The molecule has 2 aliphatic carbocycles. The summed E-state index contributed by atoms with van der Waals surface area (Å²) in [7, 11) is 0. The largest absolute Gasteiger partial charge is 0.268 e. The first-order valence-electron chi connectivity index (χ1n) is 6.00. The highest BCUT2D eigenvalue weighted by molar-refractivity contribution is 5.45. The van der Waals surface area contributed by atoms with Crippen LogP contribution in [0, 0.1) is 29.6 Å². The summed E-state index contributed by atoms with van der Waals surface area (Å²) < 4.78 is 2.07. The average molecular weight is 215 g/mol. The van der Waals surface area contributed by atoms with Crippen LogP contribution in [0.1, 0.15) is 43.1 Å². The van der Waals surface area contributed by atoms with Crippen LogP contribution in [0.5, 0.6) is 0 Å². The topological polar surface area (TPSA) is 41.6 Å². The smallest absolute Gasteiger partial charge is 0.0641 e. The molecule has 1 aromatic heterocycles. The molecule has 84 valence electrons. The van der Waals surface area contributed by atoms with Crippen LogP contribution in [-0.4, -0.2) is 9.78 Å². The summed E-state index contributed by atoms with van der Waals surface area (Å²) in [6.07, 6.45) is 1.73. The Labute approximate surface area is 96.1 Å². The van der Waals surface area contributed by atoms with Gasteiger partial charge in [-0.05, 0) is 30.6 Å². The van der Waals surface area contributed by atoms with Crippen LogP contribution in [0.3, 0.4) is 0 Å². The molecular formula is C13H17N3. The van der Waals surface area contributed by atoms with Gasteiger partial charge in [0.05, 0.1) is 24.7 Å². The lowest BCUT2D eigenvalue weighted by Gasteiger charge is -2.09. The second-order valence-electron chi connectivity index (χ2n) is 5.69. The Balaban J connectivity index is 1.96. The summed E-state index contributed by atoms with van der Waals surface area (Å²) >= 11 is 0. The Morgan fingerprint density at radius 2 is 2.31 bits per heavy atom. The Morgan fingerprint density at radius 3 is 3.00 bits per heavy atom. The zero-order valence-corrected chi connectivity index (χ0v) is 10.1. The maximum Gasteiger partial charge on any atom is 0.0641 e. The molecule has 0 spiro atoms. The van der Waals surface area contributed by atoms with Crippen molar-refractivity contribution in [1.29, 1.82) is 5.26 Å². The number of hydrogen-bond donors (Lipinski definition) is 0. The van der Waals surface area contributed by atoms with Crippen molar-refractivity contribution in [3.8, 4) is 6.07 Å². The van der Waals surface area contributed by atoms with Gasteiger partial charge in [-0.3, -0.25) is 4.68 Å². The summed E-state index contributed by atoms with van der Waals surface area (Å²) in [6, 6.07) is 2.19. The molecule has 1 heterocycles. The van der Waals surface area contributed by atoms with Crippen LogP contribution in [0.15, 0.2) is 0 Å². The molecule has 0 bridgehead atoms. The van der Waals surface area contributed by atoms with Crippen LogP contribution in [0.2, 0.25) is 0 Å². The van der Waals surface area contributed by atoms with Gasteiger partial charge in [0, 0.05) is 11.3 Å². The number of nitriles is 1. The number of hydrogen-bond acceptors (Lipinski definition) is 2. The average Bonchev–Trinajstić information content (AvgIpc) is 2.62. The zero-order chi connectivity index (χ0) is 11.5. The molecule has 2 aliphatic rings. The standard InChI is InChI=1S/C13H17N3/c1-8-11-10(16(15-8)6-4-5-14)7-9-12(11)13(9,2)3/h9,12H,4,6-7H2,1-3H3/t9-,12-/m0/s1. The molecule has 0 radical (unpaired) electrons. The fourth-order valence-corrected chi connectivity index (χ4v) is 3.51. The second kappa shape index (κ2) is 2.88. The fraction of sp³-hybridized carbons (Fsp3) is 0.692. The molecule has 1 fully saturated rings. The molecule has 3 nitrogen and oxygen atoms in total. The molecule has 3 heteroatoms. The normalized spacial score (nSPS) is 28.4. The van der Waals surface area contributed by atoms with Gasteiger partial charge in [0.15, 0.2) is 0 Å². The van der Waals surface area contributed by atoms with Gasteiger partial charge >= 0.3 is 0 Å². The molecule has 0 saturated heterocycles. The summed E-state index contributed by atoms with van der Waals surface area (Å²) in [5.74, 6) is 1.56. The van der Waals surface area contributed by atoms with Crippen LogP contribution in [-0.2, 0) is 13.0 Å². The van der Waals surface area contributed by atoms with Crippen LogP contribution >= 0.6 is 0 Å². The van der Waals surface area contributed by atoms with Crippen molar-refractivity contribution in [2.75, 3.05) is 0 Å². The lowest BCUT2D eigenvalue weighted by atomic mass is 9.98. The van der Waals surface area contributed by atoms with Crippen molar-refractivity contribution in [3.63, 3.8) is 0 Å². The van der Waals surface area contributed by atoms with E-state index in [1.807, 2.05) is 0 Å². The van der Waals surface area contributed by atoms with Crippen LogP contribution in [0.4, 0.5) is 0 Å². The number of nitrogens with zero attached hydrogens (tertiary/aromatic N) is 3. The third kappa shape index (κ3) is 1.05. The highest BCUT2D eigenvalue weighted by atomic mass is 15.3. The first-order chi connectivity index (χ1) is 7.57. The SMILES string of the molecule is Cc1nn(CCC#N)c2c1[C@@H]1[C@H](C2)C1(C)C. The monoisotopic (exact) mass is 215 g/mol. The van der Waals surface area contributed by atoms with Gasteiger partial charge in [0.25, 0.3) is 0 Å². The number of aromatic nitrogens is 2. The molecule has 0 N–H and O–H groups in total. The van der Waals surface area contributed by atoms with Crippen molar-refractivity contribution in [1.82, 2.24) is 9.78 Å². The number of rotatable bonds is 2. The van der Waals surface area contributed by atoms with E-state index in [0.717, 1.165) is 18.4 Å². The summed E-state index contributed by atoms with van der Waals surface area (Å²) in [5, 5.41) is 13.2. The van der Waals surface area contributed by atoms with Crippen molar-refractivity contribution < 1.29 is 0 Å². The Bertz CT molecular complexity index is 490.